The molecule has 0 aromatic heterocycles. The Balaban J connectivity index is 3.93. The minimum atomic E-state index is -4.50. The summed E-state index contributed by atoms with van der Waals surface area (Å²) in [7, 11) is -0.768. The van der Waals surface area contributed by atoms with Gasteiger partial charge in [0.15, 0.2) is 0 Å². The molecule has 0 rings (SSSR count). The molecule has 2 unspecified atom stereocenters. The quantitative estimate of drug-likeness (QED) is 0.0742. The Morgan fingerprint density at radius 3 is 1.57 bits per heavy atom. The summed E-state index contributed by atoms with van der Waals surface area (Å²) >= 11 is 0. The first-order chi connectivity index (χ1) is 16.7. The van der Waals surface area contributed by atoms with Crippen LogP contribution in [0.15, 0.2) is 0 Å². The molecule has 0 bridgehead atoms. The molecule has 35 heavy (non-hydrogen) atoms. The van der Waals surface area contributed by atoms with Crippen LogP contribution in [-0.4, -0.2) is 54.0 Å². The Hall–Kier alpha value is -0.460. The lowest BCUT2D eigenvalue weighted by molar-refractivity contribution is -0.142. The van der Waals surface area contributed by atoms with Crippen LogP contribution in [0.5, 0.6) is 0 Å². The second kappa shape index (κ2) is 22.7. The fourth-order valence-corrected chi connectivity index (χ4v) is 4.85. The second-order valence-corrected chi connectivity index (χ2v) is 11.6. The third-order valence-corrected chi connectivity index (χ3v) is 7.24. The number of phosphoric acid groups is 1. The monoisotopic (exact) mass is 521 g/mol. The van der Waals surface area contributed by atoms with Crippen molar-refractivity contribution in [2.24, 2.45) is 5.92 Å². The first-order valence-corrected chi connectivity index (χ1v) is 15.7. The molecule has 0 aliphatic heterocycles. The lowest BCUT2D eigenvalue weighted by atomic mass is 9.94. The molecule has 2 N–H and O–H groups in total. The van der Waals surface area contributed by atoms with Crippen molar-refractivity contribution in [3.8, 4) is 0 Å². The number of esters is 1. The smallest absolute Gasteiger partial charge is 0.466 e. The number of nitrogens with zero attached hydrogens (tertiary/aromatic N) is 1. The van der Waals surface area contributed by atoms with E-state index in [9.17, 15) is 9.36 Å². The average molecular weight is 522 g/mol. The third-order valence-electron chi connectivity index (χ3n) is 6.76. The van der Waals surface area contributed by atoms with Gasteiger partial charge in [-0.2, -0.15) is 0 Å². The molecule has 0 aromatic rings. The van der Waals surface area contributed by atoms with Crippen LogP contribution in [0.3, 0.4) is 0 Å². The van der Waals surface area contributed by atoms with Crippen molar-refractivity contribution in [3.63, 3.8) is 0 Å². The van der Waals surface area contributed by atoms with Crippen molar-refractivity contribution in [2.75, 3.05) is 27.3 Å². The molecule has 0 fully saturated rings. The number of hydrogen-bond donors (Lipinski definition) is 2. The Morgan fingerprint density at radius 2 is 1.20 bits per heavy atom. The summed E-state index contributed by atoms with van der Waals surface area (Å²) in [6.45, 7) is 3.97. The number of carbonyl (C=O) groups is 1. The molecule has 0 radical (unpaired) electrons. The normalized spacial score (nSPS) is 13.8. The van der Waals surface area contributed by atoms with E-state index in [1.165, 1.54) is 103 Å². The highest BCUT2D eigenvalue weighted by Gasteiger charge is 2.23. The average Bonchev–Trinajstić information content (AvgIpc) is 2.78. The molecule has 0 aliphatic rings. The summed E-state index contributed by atoms with van der Waals surface area (Å²) in [6, 6.07) is -0.149. The van der Waals surface area contributed by atoms with Crippen molar-refractivity contribution in [2.45, 2.75) is 135 Å². The predicted octanol–water partition coefficient (Wildman–Crippen LogP) is 7.25. The lowest BCUT2D eigenvalue weighted by Crippen LogP contribution is -2.35. The molecule has 0 saturated carbocycles. The number of likely N-dealkylation sites (N-methyl/N-ethyl adjacent to an activating group) is 1. The van der Waals surface area contributed by atoms with Crippen molar-refractivity contribution < 1.29 is 28.4 Å². The molecule has 210 valence electrons. The van der Waals surface area contributed by atoms with E-state index in [-0.39, 0.29) is 24.5 Å². The number of rotatable bonds is 25. The van der Waals surface area contributed by atoms with Crippen LogP contribution < -0.4 is 0 Å². The molecule has 0 amide bonds. The highest BCUT2D eigenvalue weighted by Crippen LogP contribution is 2.36. The molecule has 0 saturated heterocycles. The molecule has 0 aromatic carbocycles. The number of unbranched alkanes of at least 4 members (excludes halogenated alkanes) is 15. The van der Waals surface area contributed by atoms with Crippen molar-refractivity contribution in [1.29, 1.82) is 0 Å². The number of hydrogen-bond acceptors (Lipinski definition) is 5. The van der Waals surface area contributed by atoms with Crippen molar-refractivity contribution in [3.05, 3.63) is 0 Å². The van der Waals surface area contributed by atoms with Gasteiger partial charge in [0.25, 0.3) is 0 Å². The molecule has 2 atom stereocenters. The van der Waals surface area contributed by atoms with Crippen LogP contribution in [0.25, 0.3) is 0 Å². The minimum Gasteiger partial charge on any atom is -0.466 e. The molecule has 7 nitrogen and oxygen atoms in total. The van der Waals surface area contributed by atoms with Gasteiger partial charge in [0, 0.05) is 13.0 Å². The van der Waals surface area contributed by atoms with Gasteiger partial charge in [-0.05, 0) is 32.9 Å². The van der Waals surface area contributed by atoms with Crippen molar-refractivity contribution >= 4 is 13.8 Å². The van der Waals surface area contributed by atoms with Gasteiger partial charge >= 0.3 is 13.8 Å². The molecular formula is C27H56NO6P. The largest absolute Gasteiger partial charge is 0.469 e. The van der Waals surface area contributed by atoms with Crippen LogP contribution in [0, 0.1) is 5.92 Å². The predicted molar refractivity (Wildman–Crippen MR) is 144 cm³/mol. The Bertz CT molecular complexity index is 540. The van der Waals surface area contributed by atoms with Crippen LogP contribution in [0.2, 0.25) is 0 Å². The number of ether oxygens (including phenoxy) is 1. The van der Waals surface area contributed by atoms with Gasteiger partial charge in [-0.3, -0.25) is 9.32 Å². The van der Waals surface area contributed by atoms with E-state index in [0.29, 0.717) is 13.0 Å². The van der Waals surface area contributed by atoms with Gasteiger partial charge in [0.1, 0.15) is 0 Å². The van der Waals surface area contributed by atoms with E-state index >= 15 is 0 Å². The summed E-state index contributed by atoms with van der Waals surface area (Å²) in [5.41, 5.74) is 0. The van der Waals surface area contributed by atoms with Crippen LogP contribution in [0.4, 0.5) is 0 Å². The van der Waals surface area contributed by atoms with Crippen LogP contribution in [-0.2, 0) is 18.6 Å². The van der Waals surface area contributed by atoms with Gasteiger partial charge in [-0.25, -0.2) is 4.57 Å². The third kappa shape index (κ3) is 25.0. The summed E-state index contributed by atoms with van der Waals surface area (Å²) in [5, 5.41) is 0. The molecular weight excluding hydrogens is 465 g/mol. The SMILES string of the molecule is CCCCCCCCCCCCCCCCCCC(COC(C)=O)CC(COP(=O)(O)O)N(C)C. The first kappa shape index (κ1) is 34.5. The van der Waals surface area contributed by atoms with E-state index in [4.69, 9.17) is 19.0 Å². The summed E-state index contributed by atoms with van der Waals surface area (Å²) in [6.07, 6.45) is 22.9. The minimum absolute atomic E-state index is 0.0488. The maximum absolute atomic E-state index is 11.3. The Kier molecular flexibility index (Phi) is 22.4. The second-order valence-electron chi connectivity index (χ2n) is 10.4. The summed E-state index contributed by atoms with van der Waals surface area (Å²) < 4.78 is 21.1. The maximum atomic E-state index is 11.3. The number of carbonyl (C=O) groups excluding carboxylic acids is 1. The van der Waals surface area contributed by atoms with E-state index in [0.717, 1.165) is 12.8 Å². The lowest BCUT2D eigenvalue weighted by Gasteiger charge is -2.28. The van der Waals surface area contributed by atoms with E-state index in [2.05, 4.69) is 6.92 Å². The van der Waals surface area contributed by atoms with Gasteiger partial charge in [0.2, 0.25) is 0 Å². The van der Waals surface area contributed by atoms with Crippen molar-refractivity contribution in [1.82, 2.24) is 4.90 Å². The van der Waals surface area contributed by atoms with Crippen LogP contribution >= 0.6 is 7.82 Å². The maximum Gasteiger partial charge on any atom is 0.469 e. The summed E-state index contributed by atoms with van der Waals surface area (Å²) in [4.78, 5) is 31.2. The fourth-order valence-electron chi connectivity index (χ4n) is 4.48. The molecule has 0 spiro atoms. The molecule has 0 aliphatic carbocycles. The zero-order valence-corrected chi connectivity index (χ0v) is 24.1. The van der Waals surface area contributed by atoms with Crippen LogP contribution in [0.1, 0.15) is 129 Å². The molecule has 8 heteroatoms. The van der Waals surface area contributed by atoms with Gasteiger partial charge in [0.05, 0.1) is 13.2 Å². The first-order valence-electron chi connectivity index (χ1n) is 14.2. The van der Waals surface area contributed by atoms with Gasteiger partial charge < -0.3 is 19.4 Å². The zero-order chi connectivity index (χ0) is 26.4. The van der Waals surface area contributed by atoms with Gasteiger partial charge in [-0.15, -0.1) is 0 Å². The highest BCUT2D eigenvalue weighted by molar-refractivity contribution is 7.46. The molecule has 0 heterocycles. The fraction of sp³-hybridized carbons (Fsp3) is 0.963. The number of phosphoric ester groups is 1. The highest BCUT2D eigenvalue weighted by atomic mass is 31.2. The van der Waals surface area contributed by atoms with E-state index in [1.807, 2.05) is 19.0 Å². The zero-order valence-electron chi connectivity index (χ0n) is 23.2. The summed E-state index contributed by atoms with van der Waals surface area (Å²) in [5.74, 6) is -0.145. The van der Waals surface area contributed by atoms with E-state index in [1.54, 1.807) is 0 Å². The standard InChI is InChI=1S/C27H56NO6P/c1-5-6-7-8-9-10-11-12-13-14-15-16-17-18-19-20-21-26(23-33-25(2)29)22-27(28(3)4)24-34-35(30,31)32/h26-27H,5-24H2,1-4H3,(H2,30,31,32). The Labute approximate surface area is 216 Å². The topological polar surface area (TPSA) is 96.3 Å². The Morgan fingerprint density at radius 1 is 0.771 bits per heavy atom. The van der Waals surface area contributed by atoms with E-state index < -0.39 is 7.82 Å². The van der Waals surface area contributed by atoms with Gasteiger partial charge in [-0.1, -0.05) is 110 Å².